The van der Waals surface area contributed by atoms with Gasteiger partial charge in [-0.2, -0.15) is 15.8 Å². The molecule has 0 fully saturated rings. The van der Waals surface area contributed by atoms with Crippen LogP contribution in [-0.2, 0) is 0 Å². The lowest BCUT2D eigenvalue weighted by molar-refractivity contribution is 0.631. The summed E-state index contributed by atoms with van der Waals surface area (Å²) in [5.41, 5.74) is -0.928. The van der Waals surface area contributed by atoms with E-state index < -0.39 is 11.4 Å². The Bertz CT molecular complexity index is 565. The topological polar surface area (TPSA) is 83.4 Å². The molecule has 17 heavy (non-hydrogen) atoms. The molecule has 0 atom stereocenters. The first-order valence-corrected chi connectivity index (χ1v) is 4.67. The maximum atomic E-state index is 13.4. The molecule has 0 aliphatic rings. The Morgan fingerprint density at radius 2 is 1.82 bits per heavy atom. The van der Waals surface area contributed by atoms with Crippen LogP contribution in [-0.4, -0.2) is 0 Å². The number of nitrogens with zero attached hydrogens (tertiary/aromatic N) is 3. The van der Waals surface area contributed by atoms with Crippen molar-refractivity contribution in [2.45, 2.75) is 0 Å². The highest BCUT2D eigenvalue weighted by molar-refractivity contribution is 6.33. The van der Waals surface area contributed by atoms with Crippen molar-refractivity contribution in [3.05, 3.63) is 40.3 Å². The van der Waals surface area contributed by atoms with E-state index in [1.165, 1.54) is 24.3 Å². The summed E-state index contributed by atoms with van der Waals surface area (Å²) < 4.78 is 13.4. The number of benzene rings is 1. The fraction of sp³-hybridized carbons (Fsp3) is 0. The minimum Gasteiger partial charge on any atom is -0.342 e. The number of halogens is 2. The van der Waals surface area contributed by atoms with Crippen molar-refractivity contribution < 1.29 is 4.39 Å². The predicted molar refractivity (Wildman–Crippen MR) is 58.9 cm³/mol. The molecule has 1 aromatic carbocycles. The van der Waals surface area contributed by atoms with Crippen LogP contribution in [0.15, 0.2) is 29.5 Å². The van der Waals surface area contributed by atoms with E-state index in [4.69, 9.17) is 27.4 Å². The summed E-state index contributed by atoms with van der Waals surface area (Å²) in [6.07, 6.45) is 0. The van der Waals surface area contributed by atoms with Gasteiger partial charge in [0.2, 0.25) is 0 Å². The molecule has 1 N–H and O–H groups in total. The number of allylic oxidation sites excluding steroid dienone is 2. The quantitative estimate of drug-likeness (QED) is 0.813. The zero-order chi connectivity index (χ0) is 12.8. The molecule has 0 amide bonds. The van der Waals surface area contributed by atoms with Gasteiger partial charge in [-0.3, -0.25) is 0 Å². The van der Waals surface area contributed by atoms with Gasteiger partial charge in [0.25, 0.3) is 0 Å². The van der Waals surface area contributed by atoms with Gasteiger partial charge >= 0.3 is 0 Å². The predicted octanol–water partition coefficient (Wildman–Crippen LogP) is 2.72. The normalized spacial score (nSPS) is 8.41. The van der Waals surface area contributed by atoms with E-state index in [-0.39, 0.29) is 16.4 Å². The number of anilines is 1. The lowest BCUT2D eigenvalue weighted by atomic mass is 10.2. The third-order valence-corrected chi connectivity index (χ3v) is 2.11. The molecule has 6 heteroatoms. The molecule has 0 heterocycles. The second-order valence-corrected chi connectivity index (χ2v) is 3.21. The first-order chi connectivity index (χ1) is 8.13. The number of nitrogens with one attached hydrogen (secondary N) is 1. The SMILES string of the molecule is N#CC(C#N)=C(C#N)Nc1c(F)cccc1Cl. The van der Waals surface area contributed by atoms with Gasteiger partial charge in [0, 0.05) is 0 Å². The number of hydrogen-bond acceptors (Lipinski definition) is 4. The number of hydrogen-bond donors (Lipinski definition) is 1. The molecule has 0 aliphatic heterocycles. The van der Waals surface area contributed by atoms with Crippen LogP contribution in [0.4, 0.5) is 10.1 Å². The van der Waals surface area contributed by atoms with E-state index in [9.17, 15) is 4.39 Å². The van der Waals surface area contributed by atoms with Gasteiger partial charge in [-0.1, -0.05) is 17.7 Å². The van der Waals surface area contributed by atoms with Crippen LogP contribution >= 0.6 is 11.6 Å². The molecule has 0 spiro atoms. The first-order valence-electron chi connectivity index (χ1n) is 4.29. The average molecular weight is 247 g/mol. The lowest BCUT2D eigenvalue weighted by Crippen LogP contribution is -2.03. The second kappa shape index (κ2) is 5.51. The van der Waals surface area contributed by atoms with Crippen molar-refractivity contribution in [3.8, 4) is 18.2 Å². The lowest BCUT2D eigenvalue weighted by Gasteiger charge is -2.07. The zero-order valence-corrected chi connectivity index (χ0v) is 9.09. The number of rotatable bonds is 2. The Kier molecular flexibility index (Phi) is 4.06. The highest BCUT2D eigenvalue weighted by atomic mass is 35.5. The van der Waals surface area contributed by atoms with Crippen LogP contribution in [0.1, 0.15) is 0 Å². The van der Waals surface area contributed by atoms with Crippen molar-refractivity contribution in [1.29, 1.82) is 15.8 Å². The molecule has 0 aromatic heterocycles. The van der Waals surface area contributed by atoms with Gasteiger partial charge in [0.05, 0.1) is 10.7 Å². The van der Waals surface area contributed by atoms with Crippen LogP contribution in [0.2, 0.25) is 5.02 Å². The van der Waals surface area contributed by atoms with Crippen LogP contribution < -0.4 is 5.32 Å². The van der Waals surface area contributed by atoms with Crippen LogP contribution in [0.5, 0.6) is 0 Å². The first kappa shape index (κ1) is 12.5. The minimum absolute atomic E-state index is 0.0491. The van der Waals surface area contributed by atoms with E-state index in [2.05, 4.69) is 5.32 Å². The summed E-state index contributed by atoms with van der Waals surface area (Å²) in [6, 6.07) is 8.62. The van der Waals surface area contributed by atoms with E-state index >= 15 is 0 Å². The van der Waals surface area contributed by atoms with E-state index in [0.29, 0.717) is 0 Å². The fourth-order valence-electron chi connectivity index (χ4n) is 1.03. The molecule has 4 nitrogen and oxygen atoms in total. The Morgan fingerprint density at radius 3 is 2.29 bits per heavy atom. The smallest absolute Gasteiger partial charge is 0.163 e. The maximum Gasteiger partial charge on any atom is 0.163 e. The molecule has 0 saturated heterocycles. The summed E-state index contributed by atoms with van der Waals surface area (Å²) in [5.74, 6) is -0.680. The monoisotopic (exact) mass is 246 g/mol. The summed E-state index contributed by atoms with van der Waals surface area (Å²) in [5, 5.41) is 28.3. The van der Waals surface area contributed by atoms with Crippen molar-refractivity contribution in [2.75, 3.05) is 5.32 Å². The van der Waals surface area contributed by atoms with Crippen molar-refractivity contribution in [1.82, 2.24) is 0 Å². The van der Waals surface area contributed by atoms with Gasteiger partial charge in [-0.25, -0.2) is 4.39 Å². The summed E-state index contributed by atoms with van der Waals surface area (Å²) >= 11 is 5.72. The van der Waals surface area contributed by atoms with E-state index in [1.807, 2.05) is 0 Å². The number of nitriles is 3. The zero-order valence-electron chi connectivity index (χ0n) is 8.33. The molecule has 0 unspecified atom stereocenters. The summed E-state index contributed by atoms with van der Waals surface area (Å²) in [7, 11) is 0. The molecule has 1 rings (SSSR count). The summed E-state index contributed by atoms with van der Waals surface area (Å²) in [6.45, 7) is 0. The largest absolute Gasteiger partial charge is 0.342 e. The van der Waals surface area contributed by atoms with Crippen molar-refractivity contribution in [3.63, 3.8) is 0 Å². The van der Waals surface area contributed by atoms with Gasteiger partial charge in [0.15, 0.2) is 5.57 Å². The maximum absolute atomic E-state index is 13.4. The van der Waals surface area contributed by atoms with Gasteiger partial charge < -0.3 is 5.32 Å². The third kappa shape index (κ3) is 2.72. The van der Waals surface area contributed by atoms with Gasteiger partial charge in [0.1, 0.15) is 29.7 Å². The molecule has 0 radical (unpaired) electrons. The van der Waals surface area contributed by atoms with Crippen molar-refractivity contribution in [2.24, 2.45) is 0 Å². The molecule has 1 aromatic rings. The minimum atomic E-state index is -0.680. The second-order valence-electron chi connectivity index (χ2n) is 2.81. The third-order valence-electron chi connectivity index (χ3n) is 1.80. The highest BCUT2D eigenvalue weighted by Crippen LogP contribution is 2.26. The molecular formula is C11H4ClFN4. The fourth-order valence-corrected chi connectivity index (χ4v) is 1.24. The van der Waals surface area contributed by atoms with Gasteiger partial charge in [-0.05, 0) is 12.1 Å². The van der Waals surface area contributed by atoms with Crippen LogP contribution in [0.3, 0.4) is 0 Å². The van der Waals surface area contributed by atoms with Crippen LogP contribution in [0.25, 0.3) is 0 Å². The highest BCUT2D eigenvalue weighted by Gasteiger charge is 2.11. The molecule has 0 saturated carbocycles. The number of para-hydroxylation sites is 1. The van der Waals surface area contributed by atoms with E-state index in [1.54, 1.807) is 6.07 Å². The van der Waals surface area contributed by atoms with Gasteiger partial charge in [-0.15, -0.1) is 0 Å². The molecular weight excluding hydrogens is 243 g/mol. The Balaban J connectivity index is 3.25. The molecule has 0 bridgehead atoms. The summed E-state index contributed by atoms with van der Waals surface area (Å²) in [4.78, 5) is 0. The van der Waals surface area contributed by atoms with E-state index in [0.717, 1.165) is 6.07 Å². The standard InChI is InChI=1S/C11H4ClFN4/c12-8-2-1-3-9(13)11(8)17-10(6-16)7(4-14)5-15/h1-3,17H. The average Bonchev–Trinajstić information content (AvgIpc) is 2.33. The molecule has 0 aliphatic carbocycles. The molecule has 82 valence electrons. The Hall–Kier alpha value is -2.55. The Morgan fingerprint density at radius 1 is 1.18 bits per heavy atom. The van der Waals surface area contributed by atoms with Crippen LogP contribution in [0, 0.1) is 39.8 Å². The Labute approximate surface area is 102 Å². The van der Waals surface area contributed by atoms with Crippen molar-refractivity contribution >= 4 is 17.3 Å².